The minimum Gasteiger partial charge on any atom is -0.386 e. The van der Waals surface area contributed by atoms with E-state index in [1.54, 1.807) is 6.20 Å². The number of nitrogens with zero attached hydrogens (tertiary/aromatic N) is 2. The van der Waals surface area contributed by atoms with Gasteiger partial charge in [-0.1, -0.05) is 13.8 Å². The highest BCUT2D eigenvalue weighted by molar-refractivity contribution is 9.10. The van der Waals surface area contributed by atoms with Crippen LogP contribution >= 0.6 is 15.9 Å². The fourth-order valence-corrected chi connectivity index (χ4v) is 2.72. The largest absolute Gasteiger partial charge is 0.386 e. The summed E-state index contributed by atoms with van der Waals surface area (Å²) in [7, 11) is 0. The summed E-state index contributed by atoms with van der Waals surface area (Å²) in [5.41, 5.74) is 0.946. The van der Waals surface area contributed by atoms with Gasteiger partial charge >= 0.3 is 0 Å². The molecule has 90 valence electrons. The van der Waals surface area contributed by atoms with E-state index in [1.165, 1.54) is 12.8 Å². The molecule has 0 aromatic carbocycles. The quantitative estimate of drug-likeness (QED) is 0.903. The molecule has 2 unspecified atom stereocenters. The number of rotatable bonds is 5. The van der Waals surface area contributed by atoms with E-state index in [0.29, 0.717) is 11.8 Å². The molecule has 0 saturated heterocycles. The second-order valence-corrected chi connectivity index (χ2v) is 5.60. The van der Waals surface area contributed by atoms with Crippen LogP contribution in [0.1, 0.15) is 44.9 Å². The first-order chi connectivity index (χ1) is 7.65. The van der Waals surface area contributed by atoms with Crippen molar-refractivity contribution in [1.82, 2.24) is 9.78 Å². The molecule has 1 saturated carbocycles. The predicted molar refractivity (Wildman–Crippen MR) is 67.1 cm³/mol. The Balaban J connectivity index is 2.19. The summed E-state index contributed by atoms with van der Waals surface area (Å²) < 4.78 is 2.86. The minimum absolute atomic E-state index is 0.337. The molecule has 0 spiro atoms. The van der Waals surface area contributed by atoms with Crippen LogP contribution in [0.4, 0.5) is 0 Å². The summed E-state index contributed by atoms with van der Waals surface area (Å²) in [6.07, 6.45) is 4.95. The van der Waals surface area contributed by atoms with Crippen LogP contribution in [0.25, 0.3) is 0 Å². The summed E-state index contributed by atoms with van der Waals surface area (Å²) in [6, 6.07) is 0. The fourth-order valence-electron chi connectivity index (χ4n) is 2.18. The molecular weight excluding hydrogens is 268 g/mol. The van der Waals surface area contributed by atoms with E-state index in [1.807, 2.05) is 4.68 Å². The molecule has 2 rings (SSSR count). The van der Waals surface area contributed by atoms with Gasteiger partial charge in [-0.05, 0) is 47.0 Å². The number of hydrogen-bond donors (Lipinski definition) is 1. The SMILES string of the molecule is CCCn1ncc(Br)c1C(O)C(C)C1CC1. The third-order valence-electron chi connectivity index (χ3n) is 3.41. The van der Waals surface area contributed by atoms with Crippen LogP contribution in [0.5, 0.6) is 0 Å². The molecule has 1 aliphatic rings. The van der Waals surface area contributed by atoms with E-state index in [9.17, 15) is 5.11 Å². The second-order valence-electron chi connectivity index (χ2n) is 4.74. The lowest BCUT2D eigenvalue weighted by molar-refractivity contribution is 0.0957. The maximum atomic E-state index is 10.4. The van der Waals surface area contributed by atoms with Gasteiger partial charge in [0.2, 0.25) is 0 Å². The Kier molecular flexibility index (Phi) is 3.70. The first-order valence-corrected chi connectivity index (χ1v) is 6.83. The van der Waals surface area contributed by atoms with Gasteiger partial charge in [0.1, 0.15) is 0 Å². The lowest BCUT2D eigenvalue weighted by Gasteiger charge is -2.20. The van der Waals surface area contributed by atoms with Gasteiger partial charge in [-0.3, -0.25) is 4.68 Å². The van der Waals surface area contributed by atoms with Crippen molar-refractivity contribution in [2.75, 3.05) is 0 Å². The molecule has 0 aliphatic heterocycles. The van der Waals surface area contributed by atoms with Gasteiger partial charge in [0, 0.05) is 6.54 Å². The average molecular weight is 287 g/mol. The van der Waals surface area contributed by atoms with Gasteiger partial charge < -0.3 is 5.11 Å². The predicted octanol–water partition coefficient (Wildman–Crippen LogP) is 3.14. The van der Waals surface area contributed by atoms with Crippen molar-refractivity contribution >= 4 is 15.9 Å². The Bertz CT molecular complexity index is 360. The lowest BCUT2D eigenvalue weighted by atomic mass is 9.97. The Hall–Kier alpha value is -0.350. The Morgan fingerprint density at radius 3 is 2.88 bits per heavy atom. The van der Waals surface area contributed by atoms with Gasteiger partial charge in [0.15, 0.2) is 0 Å². The molecule has 1 heterocycles. The molecule has 0 bridgehead atoms. The van der Waals surface area contributed by atoms with Crippen LogP contribution in [0.2, 0.25) is 0 Å². The summed E-state index contributed by atoms with van der Waals surface area (Å²) >= 11 is 3.48. The minimum atomic E-state index is -0.393. The molecule has 2 atom stereocenters. The third-order valence-corrected chi connectivity index (χ3v) is 4.02. The lowest BCUT2D eigenvalue weighted by Crippen LogP contribution is -2.17. The van der Waals surface area contributed by atoms with E-state index < -0.39 is 6.10 Å². The third kappa shape index (κ3) is 2.33. The molecular formula is C12H19BrN2O. The van der Waals surface area contributed by atoms with Crippen LogP contribution in [0.15, 0.2) is 10.7 Å². The highest BCUT2D eigenvalue weighted by atomic mass is 79.9. The van der Waals surface area contributed by atoms with E-state index in [4.69, 9.17) is 0 Å². The van der Waals surface area contributed by atoms with Crippen LogP contribution < -0.4 is 0 Å². The zero-order valence-corrected chi connectivity index (χ0v) is 11.4. The smallest absolute Gasteiger partial charge is 0.0996 e. The molecule has 1 fully saturated rings. The van der Waals surface area contributed by atoms with E-state index in [2.05, 4.69) is 34.9 Å². The van der Waals surface area contributed by atoms with Crippen LogP contribution in [-0.2, 0) is 6.54 Å². The van der Waals surface area contributed by atoms with Crippen molar-refractivity contribution in [1.29, 1.82) is 0 Å². The van der Waals surface area contributed by atoms with Crippen LogP contribution in [0, 0.1) is 11.8 Å². The summed E-state index contributed by atoms with van der Waals surface area (Å²) in [4.78, 5) is 0. The summed E-state index contributed by atoms with van der Waals surface area (Å²) in [5, 5.41) is 14.7. The van der Waals surface area contributed by atoms with Gasteiger partial charge in [0.25, 0.3) is 0 Å². The topological polar surface area (TPSA) is 38.0 Å². The number of hydrogen-bond acceptors (Lipinski definition) is 2. The number of halogens is 1. The molecule has 0 amide bonds. The van der Waals surface area contributed by atoms with Gasteiger partial charge in [-0.25, -0.2) is 0 Å². The first-order valence-electron chi connectivity index (χ1n) is 6.04. The molecule has 4 heteroatoms. The molecule has 1 aromatic rings. The highest BCUT2D eigenvalue weighted by Crippen LogP contribution is 2.43. The van der Waals surface area contributed by atoms with Gasteiger partial charge in [0.05, 0.1) is 22.5 Å². The van der Waals surface area contributed by atoms with Gasteiger partial charge in [-0.2, -0.15) is 5.10 Å². The zero-order valence-electron chi connectivity index (χ0n) is 9.86. The second kappa shape index (κ2) is 4.88. The number of aromatic nitrogens is 2. The van der Waals surface area contributed by atoms with Crippen molar-refractivity contribution in [2.24, 2.45) is 11.8 Å². The van der Waals surface area contributed by atoms with Crippen molar-refractivity contribution in [2.45, 2.75) is 45.8 Å². The molecule has 1 N–H and O–H groups in total. The summed E-state index contributed by atoms with van der Waals surface area (Å²) in [5.74, 6) is 1.04. The van der Waals surface area contributed by atoms with Crippen LogP contribution in [0.3, 0.4) is 0 Å². The highest BCUT2D eigenvalue weighted by Gasteiger charge is 2.35. The van der Waals surface area contributed by atoms with E-state index in [-0.39, 0.29) is 0 Å². The van der Waals surface area contributed by atoms with Crippen molar-refractivity contribution in [3.63, 3.8) is 0 Å². The molecule has 1 aromatic heterocycles. The number of aliphatic hydroxyl groups excluding tert-OH is 1. The van der Waals surface area contributed by atoms with Crippen molar-refractivity contribution in [3.05, 3.63) is 16.4 Å². The normalized spacial score (nSPS) is 19.8. The molecule has 3 nitrogen and oxygen atoms in total. The zero-order chi connectivity index (χ0) is 11.7. The first kappa shape index (κ1) is 12.1. The summed E-state index contributed by atoms with van der Waals surface area (Å²) in [6.45, 7) is 5.13. The monoisotopic (exact) mass is 286 g/mol. The Morgan fingerprint density at radius 1 is 1.62 bits per heavy atom. The van der Waals surface area contributed by atoms with Gasteiger partial charge in [-0.15, -0.1) is 0 Å². The maximum absolute atomic E-state index is 10.4. The molecule has 16 heavy (non-hydrogen) atoms. The Morgan fingerprint density at radius 2 is 2.31 bits per heavy atom. The Labute approximate surface area is 105 Å². The fraction of sp³-hybridized carbons (Fsp3) is 0.750. The van der Waals surface area contributed by atoms with E-state index in [0.717, 1.165) is 23.1 Å². The molecule has 1 aliphatic carbocycles. The number of aryl methyl sites for hydroxylation is 1. The van der Waals surface area contributed by atoms with Crippen molar-refractivity contribution < 1.29 is 5.11 Å². The van der Waals surface area contributed by atoms with Crippen molar-refractivity contribution in [3.8, 4) is 0 Å². The number of aliphatic hydroxyl groups is 1. The molecule has 0 radical (unpaired) electrons. The maximum Gasteiger partial charge on any atom is 0.0996 e. The van der Waals surface area contributed by atoms with Crippen LogP contribution in [-0.4, -0.2) is 14.9 Å². The standard InChI is InChI=1S/C12H19BrN2O/c1-3-6-15-11(10(13)7-14-15)12(16)8(2)9-4-5-9/h7-9,12,16H,3-6H2,1-2H3. The average Bonchev–Trinajstić information content (AvgIpc) is 3.04. The van der Waals surface area contributed by atoms with E-state index >= 15 is 0 Å².